The molecule has 0 atom stereocenters. The van der Waals surface area contributed by atoms with E-state index < -0.39 is 0 Å². The summed E-state index contributed by atoms with van der Waals surface area (Å²) in [7, 11) is 0. The first kappa shape index (κ1) is 16.6. The topological polar surface area (TPSA) is 81.2 Å². The molecule has 28 heavy (non-hydrogen) atoms. The number of carbonyl (C=O) groups is 1. The van der Waals surface area contributed by atoms with Crippen LogP contribution in [-0.4, -0.2) is 53.5 Å². The van der Waals surface area contributed by atoms with Crippen LogP contribution in [0.25, 0.3) is 16.9 Å². The summed E-state index contributed by atoms with van der Waals surface area (Å²) in [5, 5.41) is 12.8. The van der Waals surface area contributed by atoms with Gasteiger partial charge >= 0.3 is 0 Å². The number of aromatic nitrogens is 6. The molecule has 4 aromatic heterocycles. The van der Waals surface area contributed by atoms with Crippen molar-refractivity contribution >= 4 is 11.4 Å². The lowest BCUT2D eigenvalue weighted by atomic mass is 10.0. The van der Waals surface area contributed by atoms with Gasteiger partial charge in [-0.15, -0.1) is 5.10 Å². The minimum Gasteiger partial charge on any atom is -0.338 e. The number of carbonyl (C=O) groups excluding carboxylic acids is 1. The van der Waals surface area contributed by atoms with Crippen molar-refractivity contribution in [3.63, 3.8) is 0 Å². The predicted octanol–water partition coefficient (Wildman–Crippen LogP) is 2.47. The van der Waals surface area contributed by atoms with Gasteiger partial charge in [-0.2, -0.15) is 5.10 Å². The SMILES string of the molecule is O=C(c1cnn2ccccc12)N1CCC(n2cc(-c3ccccn3)nn2)CC1. The third kappa shape index (κ3) is 2.92. The zero-order chi connectivity index (χ0) is 18.9. The molecule has 0 aromatic carbocycles. The molecule has 1 saturated heterocycles. The van der Waals surface area contributed by atoms with Crippen LogP contribution < -0.4 is 0 Å². The molecule has 1 fully saturated rings. The summed E-state index contributed by atoms with van der Waals surface area (Å²) in [5.74, 6) is 0.0346. The number of hydrogen-bond donors (Lipinski definition) is 0. The van der Waals surface area contributed by atoms with Gasteiger partial charge in [0, 0.05) is 25.5 Å². The summed E-state index contributed by atoms with van der Waals surface area (Å²) >= 11 is 0. The van der Waals surface area contributed by atoms with Crippen LogP contribution in [0.15, 0.2) is 61.2 Å². The highest BCUT2D eigenvalue weighted by Gasteiger charge is 2.27. The monoisotopic (exact) mass is 373 g/mol. The highest BCUT2D eigenvalue weighted by molar-refractivity contribution is 6.00. The van der Waals surface area contributed by atoms with Gasteiger partial charge in [0.15, 0.2) is 0 Å². The van der Waals surface area contributed by atoms with Gasteiger partial charge in [-0.1, -0.05) is 17.3 Å². The fourth-order valence-corrected chi connectivity index (χ4v) is 3.69. The molecule has 8 heteroatoms. The van der Waals surface area contributed by atoms with Gasteiger partial charge < -0.3 is 4.90 Å². The van der Waals surface area contributed by atoms with Crippen molar-refractivity contribution in [3.05, 3.63) is 66.7 Å². The Hall–Kier alpha value is -3.55. The second-order valence-electron chi connectivity index (χ2n) is 6.91. The van der Waals surface area contributed by atoms with Crippen molar-refractivity contribution in [2.75, 3.05) is 13.1 Å². The van der Waals surface area contributed by atoms with E-state index in [1.807, 2.05) is 58.4 Å². The van der Waals surface area contributed by atoms with Crippen molar-refractivity contribution in [2.45, 2.75) is 18.9 Å². The van der Waals surface area contributed by atoms with E-state index in [1.54, 1.807) is 16.9 Å². The largest absolute Gasteiger partial charge is 0.338 e. The quantitative estimate of drug-likeness (QED) is 0.551. The minimum absolute atomic E-state index is 0.0346. The first-order valence-corrected chi connectivity index (χ1v) is 9.34. The van der Waals surface area contributed by atoms with Crippen molar-refractivity contribution < 1.29 is 4.79 Å². The number of nitrogens with zero attached hydrogens (tertiary/aromatic N) is 7. The Labute approximate surface area is 161 Å². The van der Waals surface area contributed by atoms with E-state index in [0.29, 0.717) is 18.7 Å². The molecule has 5 heterocycles. The first-order valence-electron chi connectivity index (χ1n) is 9.34. The van der Waals surface area contributed by atoms with E-state index in [-0.39, 0.29) is 11.9 Å². The number of fused-ring (bicyclic) bond motifs is 1. The van der Waals surface area contributed by atoms with E-state index in [2.05, 4.69) is 20.4 Å². The summed E-state index contributed by atoms with van der Waals surface area (Å²) < 4.78 is 3.63. The van der Waals surface area contributed by atoms with Crippen LogP contribution in [0, 0.1) is 0 Å². The van der Waals surface area contributed by atoms with Gasteiger partial charge in [0.2, 0.25) is 0 Å². The van der Waals surface area contributed by atoms with E-state index in [1.165, 1.54) is 0 Å². The Bertz CT molecular complexity index is 1110. The Balaban J connectivity index is 1.28. The summed E-state index contributed by atoms with van der Waals surface area (Å²) in [5.41, 5.74) is 3.07. The van der Waals surface area contributed by atoms with Crippen LogP contribution in [0.3, 0.4) is 0 Å². The summed E-state index contributed by atoms with van der Waals surface area (Å²) in [4.78, 5) is 19.2. The van der Waals surface area contributed by atoms with Crippen molar-refractivity contribution in [1.82, 2.24) is 34.5 Å². The van der Waals surface area contributed by atoms with Crippen molar-refractivity contribution in [2.24, 2.45) is 0 Å². The molecule has 8 nitrogen and oxygen atoms in total. The van der Waals surface area contributed by atoms with Crippen LogP contribution in [-0.2, 0) is 0 Å². The molecule has 0 spiro atoms. The van der Waals surface area contributed by atoms with Gasteiger partial charge in [-0.05, 0) is 37.1 Å². The Morgan fingerprint density at radius 3 is 2.71 bits per heavy atom. The lowest BCUT2D eigenvalue weighted by Crippen LogP contribution is -2.39. The maximum absolute atomic E-state index is 12.9. The normalized spacial score (nSPS) is 15.2. The van der Waals surface area contributed by atoms with E-state index >= 15 is 0 Å². The zero-order valence-electron chi connectivity index (χ0n) is 15.2. The van der Waals surface area contributed by atoms with Crippen LogP contribution in [0.4, 0.5) is 0 Å². The lowest BCUT2D eigenvalue weighted by Gasteiger charge is -2.31. The van der Waals surface area contributed by atoms with Gasteiger partial charge in [0.25, 0.3) is 5.91 Å². The Morgan fingerprint density at radius 2 is 1.89 bits per heavy atom. The van der Waals surface area contributed by atoms with Gasteiger partial charge in [0.1, 0.15) is 5.69 Å². The molecule has 0 N–H and O–H groups in total. The minimum atomic E-state index is 0.0346. The number of rotatable bonds is 3. The van der Waals surface area contributed by atoms with E-state index in [9.17, 15) is 4.79 Å². The maximum atomic E-state index is 12.9. The smallest absolute Gasteiger partial charge is 0.257 e. The first-order chi connectivity index (χ1) is 13.8. The molecule has 0 saturated carbocycles. The van der Waals surface area contributed by atoms with Crippen LogP contribution >= 0.6 is 0 Å². The van der Waals surface area contributed by atoms with E-state index in [0.717, 1.165) is 29.7 Å². The van der Waals surface area contributed by atoms with Crippen LogP contribution in [0.1, 0.15) is 29.2 Å². The molecule has 0 unspecified atom stereocenters. The van der Waals surface area contributed by atoms with Crippen molar-refractivity contribution in [3.8, 4) is 11.4 Å². The highest BCUT2D eigenvalue weighted by atomic mass is 16.2. The third-order valence-corrected chi connectivity index (χ3v) is 5.22. The number of piperidine rings is 1. The van der Waals surface area contributed by atoms with Crippen LogP contribution in [0.5, 0.6) is 0 Å². The van der Waals surface area contributed by atoms with Gasteiger partial charge in [0.05, 0.1) is 35.2 Å². The molecule has 0 aliphatic carbocycles. The number of pyridine rings is 2. The lowest BCUT2D eigenvalue weighted by molar-refractivity contribution is 0.0691. The summed E-state index contributed by atoms with van der Waals surface area (Å²) in [6, 6.07) is 11.7. The molecule has 5 rings (SSSR count). The average Bonchev–Trinajstić information content (AvgIpc) is 3.42. The standard InChI is InChI=1S/C20H19N7O/c28-20(16-13-22-26-10-4-2-6-19(16)26)25-11-7-15(8-12-25)27-14-18(23-24-27)17-5-1-3-9-21-17/h1-6,9-10,13-15H,7-8,11-12H2. The third-order valence-electron chi connectivity index (χ3n) is 5.22. The molecule has 4 aromatic rings. The Morgan fingerprint density at radius 1 is 1.04 bits per heavy atom. The van der Waals surface area contributed by atoms with E-state index in [4.69, 9.17) is 0 Å². The molecule has 1 amide bonds. The molecule has 1 aliphatic heterocycles. The fraction of sp³-hybridized carbons (Fsp3) is 0.250. The number of hydrogen-bond acceptors (Lipinski definition) is 5. The fourth-order valence-electron chi connectivity index (χ4n) is 3.69. The zero-order valence-corrected chi connectivity index (χ0v) is 15.2. The second-order valence-corrected chi connectivity index (χ2v) is 6.91. The molecule has 1 aliphatic rings. The molecule has 0 bridgehead atoms. The number of likely N-dealkylation sites (tertiary alicyclic amines) is 1. The number of amides is 1. The average molecular weight is 373 g/mol. The maximum Gasteiger partial charge on any atom is 0.257 e. The van der Waals surface area contributed by atoms with Crippen molar-refractivity contribution in [1.29, 1.82) is 0 Å². The van der Waals surface area contributed by atoms with Gasteiger partial charge in [-0.3, -0.25) is 9.78 Å². The summed E-state index contributed by atoms with van der Waals surface area (Å²) in [6.07, 6.45) is 8.88. The predicted molar refractivity (Wildman–Crippen MR) is 103 cm³/mol. The molecular formula is C20H19N7O. The second kappa shape index (κ2) is 6.88. The van der Waals surface area contributed by atoms with Crippen LogP contribution in [0.2, 0.25) is 0 Å². The Kier molecular flexibility index (Phi) is 4.08. The van der Waals surface area contributed by atoms with Gasteiger partial charge in [-0.25, -0.2) is 9.20 Å². The molecule has 0 radical (unpaired) electrons. The highest BCUT2D eigenvalue weighted by Crippen LogP contribution is 2.25. The molecular weight excluding hydrogens is 354 g/mol. The molecule has 140 valence electrons. The summed E-state index contributed by atoms with van der Waals surface area (Å²) in [6.45, 7) is 1.37.